The van der Waals surface area contributed by atoms with Crippen LogP contribution in [0.25, 0.3) is 6.08 Å². The predicted octanol–water partition coefficient (Wildman–Crippen LogP) is 3.57. The van der Waals surface area contributed by atoms with E-state index in [0.29, 0.717) is 0 Å². The van der Waals surface area contributed by atoms with Crippen molar-refractivity contribution in [3.63, 3.8) is 0 Å². The summed E-state index contributed by atoms with van der Waals surface area (Å²) >= 11 is 0. The first-order valence-electron chi connectivity index (χ1n) is 8.18. The van der Waals surface area contributed by atoms with Gasteiger partial charge in [0.2, 0.25) is 0 Å². The number of carbonyl (C=O) groups excluding carboxylic acids is 2. The lowest BCUT2D eigenvalue weighted by atomic mass is 10.1. The number of nitrogens with one attached hydrogen (secondary N) is 1. The third-order valence-electron chi connectivity index (χ3n) is 3.71. The highest BCUT2D eigenvalue weighted by molar-refractivity contribution is 6.13. The van der Waals surface area contributed by atoms with E-state index in [1.807, 2.05) is 68.4 Å². The maximum atomic E-state index is 12.5. The summed E-state index contributed by atoms with van der Waals surface area (Å²) in [7, 11) is 0. The van der Waals surface area contributed by atoms with Crippen molar-refractivity contribution >= 4 is 18.0 Å². The molecule has 3 rings (SSSR count). The Morgan fingerprint density at radius 3 is 2.36 bits per heavy atom. The van der Waals surface area contributed by atoms with Crippen LogP contribution >= 0.6 is 0 Å². The zero-order chi connectivity index (χ0) is 17.8. The van der Waals surface area contributed by atoms with E-state index in [9.17, 15) is 9.59 Å². The summed E-state index contributed by atoms with van der Waals surface area (Å²) in [5.41, 5.74) is 2.00. The number of hydrogen-bond donors (Lipinski definition) is 1. The Morgan fingerprint density at radius 1 is 1.04 bits per heavy atom. The van der Waals surface area contributed by atoms with Crippen molar-refractivity contribution in [3.05, 3.63) is 71.4 Å². The lowest BCUT2D eigenvalue weighted by Crippen LogP contribution is -2.30. The van der Waals surface area contributed by atoms with E-state index in [2.05, 4.69) is 5.32 Å². The van der Waals surface area contributed by atoms with Gasteiger partial charge >= 0.3 is 6.03 Å². The smallest absolute Gasteiger partial charge is 0.329 e. The molecule has 0 unspecified atom stereocenters. The van der Waals surface area contributed by atoms with E-state index in [4.69, 9.17) is 4.74 Å². The highest BCUT2D eigenvalue weighted by Crippen LogP contribution is 2.19. The number of imide groups is 1. The average molecular weight is 336 g/mol. The van der Waals surface area contributed by atoms with E-state index in [0.717, 1.165) is 16.9 Å². The van der Waals surface area contributed by atoms with Crippen LogP contribution in [0.1, 0.15) is 25.0 Å². The van der Waals surface area contributed by atoms with Crippen LogP contribution < -0.4 is 10.1 Å². The summed E-state index contributed by atoms with van der Waals surface area (Å²) in [5, 5.41) is 2.64. The summed E-state index contributed by atoms with van der Waals surface area (Å²) in [6.45, 7) is 4.18. The van der Waals surface area contributed by atoms with E-state index in [1.165, 1.54) is 4.90 Å². The summed E-state index contributed by atoms with van der Waals surface area (Å²) in [5.74, 6) is 0.445. The first kappa shape index (κ1) is 16.8. The normalized spacial score (nSPS) is 15.8. The second-order valence-corrected chi connectivity index (χ2v) is 6.10. The first-order chi connectivity index (χ1) is 12.0. The average Bonchev–Trinajstić information content (AvgIpc) is 2.85. The van der Waals surface area contributed by atoms with Gasteiger partial charge in [-0.15, -0.1) is 0 Å². The zero-order valence-corrected chi connectivity index (χ0v) is 14.2. The Balaban J connectivity index is 1.73. The fraction of sp³-hybridized carbons (Fsp3) is 0.200. The molecule has 1 N–H and O–H groups in total. The molecule has 1 heterocycles. The molecule has 0 radical (unpaired) electrons. The molecule has 1 aliphatic rings. The van der Waals surface area contributed by atoms with Crippen LogP contribution in [-0.4, -0.2) is 22.9 Å². The summed E-state index contributed by atoms with van der Waals surface area (Å²) in [6.07, 6.45) is 1.77. The molecule has 3 amide bonds. The van der Waals surface area contributed by atoms with Crippen molar-refractivity contribution in [2.24, 2.45) is 0 Å². The van der Waals surface area contributed by atoms with Crippen molar-refractivity contribution in [1.82, 2.24) is 10.2 Å². The second-order valence-electron chi connectivity index (χ2n) is 6.10. The summed E-state index contributed by atoms with van der Waals surface area (Å²) in [4.78, 5) is 25.8. The maximum Gasteiger partial charge on any atom is 0.329 e. The topological polar surface area (TPSA) is 58.6 Å². The van der Waals surface area contributed by atoms with Gasteiger partial charge in [-0.25, -0.2) is 4.79 Å². The largest absolute Gasteiger partial charge is 0.491 e. The minimum absolute atomic E-state index is 0.103. The minimum Gasteiger partial charge on any atom is -0.491 e. The molecule has 0 aromatic heterocycles. The number of ether oxygens (including phenoxy) is 1. The molecule has 2 aromatic carbocycles. The highest BCUT2D eigenvalue weighted by Gasteiger charge is 2.33. The van der Waals surface area contributed by atoms with Crippen LogP contribution in [0.3, 0.4) is 0 Å². The van der Waals surface area contributed by atoms with E-state index in [1.54, 1.807) is 6.08 Å². The Bertz CT molecular complexity index is 795. The van der Waals surface area contributed by atoms with Crippen molar-refractivity contribution in [2.75, 3.05) is 0 Å². The molecule has 0 spiro atoms. The van der Waals surface area contributed by atoms with Crippen LogP contribution in [0.15, 0.2) is 60.3 Å². The third-order valence-corrected chi connectivity index (χ3v) is 3.71. The molecule has 1 saturated heterocycles. The van der Waals surface area contributed by atoms with Crippen molar-refractivity contribution in [1.29, 1.82) is 0 Å². The fourth-order valence-electron chi connectivity index (χ4n) is 2.56. The van der Waals surface area contributed by atoms with Gasteiger partial charge in [0.1, 0.15) is 11.4 Å². The van der Waals surface area contributed by atoms with Gasteiger partial charge in [-0.1, -0.05) is 42.5 Å². The quantitative estimate of drug-likeness (QED) is 0.671. The van der Waals surface area contributed by atoms with Gasteiger partial charge in [0.25, 0.3) is 5.91 Å². The molecule has 5 heteroatoms. The van der Waals surface area contributed by atoms with Crippen LogP contribution in [0.2, 0.25) is 0 Å². The Kier molecular flexibility index (Phi) is 4.84. The van der Waals surface area contributed by atoms with Gasteiger partial charge in [-0.2, -0.15) is 0 Å². The molecule has 2 aromatic rings. The molecule has 128 valence electrons. The monoisotopic (exact) mass is 336 g/mol. The molecule has 1 fully saturated rings. The van der Waals surface area contributed by atoms with Crippen molar-refractivity contribution in [2.45, 2.75) is 26.5 Å². The number of urea groups is 1. The highest BCUT2D eigenvalue weighted by atomic mass is 16.5. The Labute approximate surface area is 146 Å². The van der Waals surface area contributed by atoms with Gasteiger partial charge in [-0.3, -0.25) is 9.69 Å². The molecule has 0 atom stereocenters. The number of carbonyl (C=O) groups is 2. The van der Waals surface area contributed by atoms with Crippen LogP contribution in [0.5, 0.6) is 5.75 Å². The van der Waals surface area contributed by atoms with Crippen molar-refractivity contribution < 1.29 is 14.3 Å². The van der Waals surface area contributed by atoms with Gasteiger partial charge in [0.15, 0.2) is 0 Å². The van der Waals surface area contributed by atoms with Gasteiger partial charge in [-0.05, 0) is 43.2 Å². The molecule has 5 nitrogen and oxygen atoms in total. The number of hydrogen-bond acceptors (Lipinski definition) is 3. The summed E-state index contributed by atoms with van der Waals surface area (Å²) < 4.78 is 5.60. The number of benzene rings is 2. The van der Waals surface area contributed by atoms with E-state index < -0.39 is 6.03 Å². The fourth-order valence-corrected chi connectivity index (χ4v) is 2.56. The van der Waals surface area contributed by atoms with Gasteiger partial charge in [0.05, 0.1) is 12.6 Å². The maximum absolute atomic E-state index is 12.5. The lowest BCUT2D eigenvalue weighted by Gasteiger charge is -2.11. The van der Waals surface area contributed by atoms with Crippen LogP contribution in [-0.2, 0) is 11.3 Å². The molecule has 1 aliphatic heterocycles. The van der Waals surface area contributed by atoms with E-state index in [-0.39, 0.29) is 24.3 Å². The molecule has 0 aliphatic carbocycles. The van der Waals surface area contributed by atoms with E-state index >= 15 is 0 Å². The molecule has 0 bridgehead atoms. The first-order valence-corrected chi connectivity index (χ1v) is 8.18. The number of rotatable bonds is 5. The SMILES string of the molecule is CC(C)Oc1ccc(/C=C2\NC(=O)N(Cc3ccccc3)C2=O)cc1. The minimum atomic E-state index is -0.403. The van der Waals surface area contributed by atoms with Gasteiger partial charge < -0.3 is 10.1 Å². The molecule has 25 heavy (non-hydrogen) atoms. The van der Waals surface area contributed by atoms with Crippen LogP contribution in [0.4, 0.5) is 4.79 Å². The third kappa shape index (κ3) is 4.07. The molecular weight excluding hydrogens is 316 g/mol. The summed E-state index contributed by atoms with van der Waals surface area (Å²) in [6, 6.07) is 16.4. The predicted molar refractivity (Wildman–Crippen MR) is 95.7 cm³/mol. The lowest BCUT2D eigenvalue weighted by molar-refractivity contribution is -0.123. The van der Waals surface area contributed by atoms with Crippen LogP contribution in [0, 0.1) is 0 Å². The Hall–Kier alpha value is -3.08. The van der Waals surface area contributed by atoms with Gasteiger partial charge in [0, 0.05) is 0 Å². The Morgan fingerprint density at radius 2 is 1.72 bits per heavy atom. The number of amides is 3. The second kappa shape index (κ2) is 7.21. The molecule has 0 saturated carbocycles. The zero-order valence-electron chi connectivity index (χ0n) is 14.2. The molecular formula is C20H20N2O3. The standard InChI is InChI=1S/C20H20N2O3/c1-14(2)25-17-10-8-15(9-11-17)12-18-19(23)22(20(24)21-18)13-16-6-4-3-5-7-16/h3-12,14H,13H2,1-2H3,(H,21,24)/b18-12-. The van der Waals surface area contributed by atoms with Crippen molar-refractivity contribution in [3.8, 4) is 5.75 Å². The number of nitrogens with zero attached hydrogens (tertiary/aromatic N) is 1.